The maximum Gasteiger partial charge on any atom is 0.131 e. The van der Waals surface area contributed by atoms with Crippen molar-refractivity contribution in [1.29, 1.82) is 0 Å². The van der Waals surface area contributed by atoms with E-state index in [0.717, 1.165) is 36.4 Å². The first-order valence-corrected chi connectivity index (χ1v) is 8.50. The van der Waals surface area contributed by atoms with Crippen LogP contribution in [0.1, 0.15) is 37.9 Å². The molecule has 0 bridgehead atoms. The van der Waals surface area contributed by atoms with Gasteiger partial charge in [0.1, 0.15) is 5.15 Å². The quantitative estimate of drug-likeness (QED) is 0.928. The summed E-state index contributed by atoms with van der Waals surface area (Å²) < 4.78 is 1.79. The second-order valence-corrected chi connectivity index (χ2v) is 7.43. The summed E-state index contributed by atoms with van der Waals surface area (Å²) in [6.07, 6.45) is 2.77. The molecule has 5 heteroatoms. The number of halogens is 1. The van der Waals surface area contributed by atoms with Crippen LogP contribution in [0.5, 0.6) is 0 Å². The van der Waals surface area contributed by atoms with Gasteiger partial charge in [0.25, 0.3) is 0 Å². The van der Waals surface area contributed by atoms with E-state index in [9.17, 15) is 0 Å². The molecule has 21 heavy (non-hydrogen) atoms. The van der Waals surface area contributed by atoms with Gasteiger partial charge in [-0.05, 0) is 31.6 Å². The van der Waals surface area contributed by atoms with Crippen molar-refractivity contribution in [3.05, 3.63) is 16.4 Å². The molecule has 0 radical (unpaired) electrons. The van der Waals surface area contributed by atoms with Gasteiger partial charge in [0.2, 0.25) is 0 Å². The van der Waals surface area contributed by atoms with Crippen LogP contribution in [0.4, 0.5) is 0 Å². The number of nitrogens with zero attached hydrogens (tertiary/aromatic N) is 3. The minimum absolute atomic E-state index is 0.579. The van der Waals surface area contributed by atoms with Gasteiger partial charge >= 0.3 is 0 Å². The van der Waals surface area contributed by atoms with Gasteiger partial charge < -0.3 is 5.32 Å². The fraction of sp³-hybridized carbons (Fsp3) is 0.812. The molecule has 1 aliphatic carbocycles. The lowest BCUT2D eigenvalue weighted by Gasteiger charge is -2.42. The summed E-state index contributed by atoms with van der Waals surface area (Å²) in [6, 6.07) is 1.24. The lowest BCUT2D eigenvalue weighted by Crippen LogP contribution is -2.58. The maximum absolute atomic E-state index is 6.43. The monoisotopic (exact) mass is 310 g/mol. The Kier molecular flexibility index (Phi) is 4.30. The van der Waals surface area contributed by atoms with E-state index < -0.39 is 0 Å². The molecule has 4 nitrogen and oxygen atoms in total. The van der Waals surface area contributed by atoms with Crippen molar-refractivity contribution >= 4 is 11.6 Å². The number of aromatic nitrogens is 2. The molecule has 0 spiro atoms. The van der Waals surface area contributed by atoms with Crippen LogP contribution in [0, 0.1) is 18.8 Å². The van der Waals surface area contributed by atoms with E-state index >= 15 is 0 Å². The first kappa shape index (κ1) is 15.3. The molecule has 118 valence electrons. The van der Waals surface area contributed by atoms with Crippen molar-refractivity contribution in [2.24, 2.45) is 18.9 Å². The number of piperazine rings is 1. The first-order chi connectivity index (χ1) is 9.97. The van der Waals surface area contributed by atoms with E-state index in [1.165, 1.54) is 18.4 Å². The fourth-order valence-electron chi connectivity index (χ4n) is 3.48. The lowest BCUT2D eigenvalue weighted by molar-refractivity contribution is 0.0925. The smallest absolute Gasteiger partial charge is 0.131 e. The van der Waals surface area contributed by atoms with Gasteiger partial charge in [0.15, 0.2) is 0 Å². The highest BCUT2D eigenvalue weighted by atomic mass is 35.5. The van der Waals surface area contributed by atoms with E-state index in [0.29, 0.717) is 18.0 Å². The Morgan fingerprint density at radius 3 is 2.62 bits per heavy atom. The molecule has 1 saturated carbocycles. The summed E-state index contributed by atoms with van der Waals surface area (Å²) in [7, 11) is 1.92. The molecule has 2 unspecified atom stereocenters. The van der Waals surface area contributed by atoms with Crippen molar-refractivity contribution in [3.63, 3.8) is 0 Å². The van der Waals surface area contributed by atoms with Crippen LogP contribution in [0.3, 0.4) is 0 Å². The third kappa shape index (κ3) is 3.13. The normalized spacial score (nSPS) is 27.5. The molecular formula is C16H27ClN4. The van der Waals surface area contributed by atoms with Crippen LogP contribution in [-0.2, 0) is 13.6 Å². The van der Waals surface area contributed by atoms with Gasteiger partial charge in [-0.25, -0.2) is 0 Å². The van der Waals surface area contributed by atoms with E-state index in [1.54, 1.807) is 4.68 Å². The molecule has 1 saturated heterocycles. The van der Waals surface area contributed by atoms with E-state index in [4.69, 9.17) is 11.6 Å². The average Bonchev–Trinajstić information content (AvgIpc) is 3.24. The van der Waals surface area contributed by atoms with Crippen LogP contribution < -0.4 is 5.32 Å². The van der Waals surface area contributed by atoms with Gasteiger partial charge in [-0.2, -0.15) is 5.10 Å². The zero-order valence-corrected chi connectivity index (χ0v) is 14.3. The Morgan fingerprint density at radius 1 is 1.38 bits per heavy atom. The number of aryl methyl sites for hydroxylation is 2. The first-order valence-electron chi connectivity index (χ1n) is 8.12. The predicted octanol–water partition coefficient (Wildman–Crippen LogP) is 2.59. The van der Waals surface area contributed by atoms with Gasteiger partial charge in [-0.3, -0.25) is 9.58 Å². The Balaban J connectivity index is 1.78. The molecule has 0 amide bonds. The lowest BCUT2D eigenvalue weighted by atomic mass is 9.97. The SMILES string of the molecule is Cc1nn(C)c(Cl)c1CN1CC(C(C)C)NCC1C1CC1. The van der Waals surface area contributed by atoms with Gasteiger partial charge in [-0.1, -0.05) is 25.4 Å². The zero-order valence-electron chi connectivity index (χ0n) is 13.6. The highest BCUT2D eigenvalue weighted by Gasteiger charge is 2.39. The van der Waals surface area contributed by atoms with E-state index in [2.05, 4.69) is 36.1 Å². The third-order valence-electron chi connectivity index (χ3n) is 5.09. The Hall–Kier alpha value is -0.580. The Morgan fingerprint density at radius 2 is 2.10 bits per heavy atom. The van der Waals surface area contributed by atoms with Gasteiger partial charge in [0, 0.05) is 44.3 Å². The average molecular weight is 311 g/mol. The summed E-state index contributed by atoms with van der Waals surface area (Å²) in [6.45, 7) is 9.83. The largest absolute Gasteiger partial charge is 0.311 e. The molecule has 2 aliphatic rings. The highest BCUT2D eigenvalue weighted by molar-refractivity contribution is 6.30. The minimum atomic E-state index is 0.579. The molecule has 3 rings (SSSR count). The maximum atomic E-state index is 6.43. The Bertz CT molecular complexity index is 507. The summed E-state index contributed by atoms with van der Waals surface area (Å²) in [5.74, 6) is 1.54. The summed E-state index contributed by atoms with van der Waals surface area (Å²) >= 11 is 6.43. The summed E-state index contributed by atoms with van der Waals surface area (Å²) in [5, 5.41) is 9.00. The van der Waals surface area contributed by atoms with Crippen LogP contribution in [0.15, 0.2) is 0 Å². The molecule has 1 aromatic heterocycles. The fourth-order valence-corrected chi connectivity index (χ4v) is 3.72. The summed E-state index contributed by atoms with van der Waals surface area (Å²) in [4.78, 5) is 2.65. The van der Waals surface area contributed by atoms with Crippen molar-refractivity contribution in [3.8, 4) is 0 Å². The standard InChI is InChI=1S/C16H27ClN4/c1-10(2)14-9-21(15(7-18-14)12-5-6-12)8-13-11(3)19-20(4)16(13)17/h10,12,14-15,18H,5-9H2,1-4H3. The predicted molar refractivity (Wildman–Crippen MR) is 86.5 cm³/mol. The van der Waals surface area contributed by atoms with E-state index in [-0.39, 0.29) is 0 Å². The van der Waals surface area contributed by atoms with Crippen LogP contribution in [0.25, 0.3) is 0 Å². The Labute approximate surface area is 132 Å². The van der Waals surface area contributed by atoms with Gasteiger partial charge in [-0.15, -0.1) is 0 Å². The molecular weight excluding hydrogens is 284 g/mol. The van der Waals surface area contributed by atoms with Crippen molar-refractivity contribution in [2.75, 3.05) is 13.1 Å². The molecule has 1 aromatic rings. The highest BCUT2D eigenvalue weighted by Crippen LogP contribution is 2.37. The molecule has 2 heterocycles. The molecule has 2 fully saturated rings. The second-order valence-electron chi connectivity index (χ2n) is 7.07. The zero-order chi connectivity index (χ0) is 15.1. The molecule has 0 aromatic carbocycles. The molecule has 1 aliphatic heterocycles. The third-order valence-corrected chi connectivity index (χ3v) is 5.56. The van der Waals surface area contributed by atoms with Crippen molar-refractivity contribution in [2.45, 2.75) is 52.2 Å². The minimum Gasteiger partial charge on any atom is -0.311 e. The number of rotatable bonds is 4. The number of nitrogens with one attached hydrogen (secondary N) is 1. The van der Waals surface area contributed by atoms with E-state index in [1.807, 2.05) is 7.05 Å². The number of hydrogen-bond donors (Lipinski definition) is 1. The molecule has 1 N–H and O–H groups in total. The van der Waals surface area contributed by atoms with Crippen molar-refractivity contribution < 1.29 is 0 Å². The number of hydrogen-bond acceptors (Lipinski definition) is 3. The van der Waals surface area contributed by atoms with Crippen LogP contribution in [-0.4, -0.2) is 39.9 Å². The molecule has 2 atom stereocenters. The van der Waals surface area contributed by atoms with Crippen LogP contribution >= 0.6 is 11.6 Å². The van der Waals surface area contributed by atoms with Crippen LogP contribution in [0.2, 0.25) is 5.15 Å². The summed E-state index contributed by atoms with van der Waals surface area (Å²) in [5.41, 5.74) is 2.27. The topological polar surface area (TPSA) is 33.1 Å². The second kappa shape index (κ2) is 5.90. The van der Waals surface area contributed by atoms with Crippen molar-refractivity contribution in [1.82, 2.24) is 20.0 Å². The van der Waals surface area contributed by atoms with Gasteiger partial charge in [0.05, 0.1) is 5.69 Å².